The molecule has 1 unspecified atom stereocenters. The van der Waals surface area contributed by atoms with E-state index in [0.717, 1.165) is 49.2 Å². The van der Waals surface area contributed by atoms with E-state index in [0.29, 0.717) is 24.9 Å². The Morgan fingerprint density at radius 1 is 1.28 bits per heavy atom. The summed E-state index contributed by atoms with van der Waals surface area (Å²) in [4.78, 5) is 4.88. The smallest absolute Gasteiger partial charge is 0.223 e. The Bertz CT molecular complexity index is 1160. The van der Waals surface area contributed by atoms with Gasteiger partial charge in [-0.1, -0.05) is 32.0 Å². The van der Waals surface area contributed by atoms with Crippen molar-refractivity contribution < 1.29 is 9.47 Å². The van der Waals surface area contributed by atoms with Crippen molar-refractivity contribution in [3.63, 3.8) is 0 Å². The van der Waals surface area contributed by atoms with Gasteiger partial charge in [0.05, 0.1) is 36.7 Å². The van der Waals surface area contributed by atoms with Gasteiger partial charge in [-0.2, -0.15) is 14.9 Å². The average molecular weight is 493 g/mol. The second-order valence-electron chi connectivity index (χ2n) is 9.83. The van der Waals surface area contributed by atoms with E-state index in [1.165, 1.54) is 0 Å². The highest BCUT2D eigenvalue weighted by atomic mass is 16.6. The first-order chi connectivity index (χ1) is 17.5. The SMILES string of the molecule is CC(C)c1cnn(C(=NCc2ccccc2-n2cccn2)NCOC2COC3(CCNCC3)C2)c1N. The molecule has 192 valence electrons. The number of nitrogens with two attached hydrogens (primary N) is 1. The van der Waals surface area contributed by atoms with E-state index in [1.807, 2.05) is 35.1 Å². The molecule has 2 aliphatic heterocycles. The molecule has 2 aromatic heterocycles. The lowest BCUT2D eigenvalue weighted by Crippen LogP contribution is -2.41. The van der Waals surface area contributed by atoms with Crippen molar-refractivity contribution in [2.24, 2.45) is 4.99 Å². The predicted molar refractivity (Wildman–Crippen MR) is 139 cm³/mol. The van der Waals surface area contributed by atoms with Crippen LogP contribution in [0.2, 0.25) is 0 Å². The van der Waals surface area contributed by atoms with Gasteiger partial charge in [-0.3, -0.25) is 0 Å². The van der Waals surface area contributed by atoms with E-state index in [9.17, 15) is 0 Å². The van der Waals surface area contributed by atoms with E-state index in [-0.39, 0.29) is 24.4 Å². The van der Waals surface area contributed by atoms with Crippen molar-refractivity contribution in [2.75, 3.05) is 32.2 Å². The number of piperidine rings is 1. The summed E-state index contributed by atoms with van der Waals surface area (Å²) >= 11 is 0. The monoisotopic (exact) mass is 492 g/mol. The molecular formula is C26H36N8O2. The highest BCUT2D eigenvalue weighted by molar-refractivity contribution is 5.84. The number of aromatic nitrogens is 4. The molecule has 0 aliphatic carbocycles. The van der Waals surface area contributed by atoms with Crippen molar-refractivity contribution in [2.45, 2.75) is 57.3 Å². The summed E-state index contributed by atoms with van der Waals surface area (Å²) in [5, 5.41) is 15.6. The van der Waals surface area contributed by atoms with Crippen LogP contribution in [0.1, 0.15) is 50.2 Å². The molecule has 36 heavy (non-hydrogen) atoms. The Morgan fingerprint density at radius 2 is 2.11 bits per heavy atom. The molecular weight excluding hydrogens is 456 g/mol. The third-order valence-corrected chi connectivity index (χ3v) is 7.04. The van der Waals surface area contributed by atoms with Crippen LogP contribution in [0.5, 0.6) is 0 Å². The topological polar surface area (TPSA) is 117 Å². The summed E-state index contributed by atoms with van der Waals surface area (Å²) in [5.41, 5.74) is 9.43. The van der Waals surface area contributed by atoms with E-state index in [4.69, 9.17) is 20.2 Å². The third kappa shape index (κ3) is 5.30. The highest BCUT2D eigenvalue weighted by Crippen LogP contribution is 2.35. The van der Waals surface area contributed by atoms with Gasteiger partial charge in [-0.05, 0) is 49.5 Å². The van der Waals surface area contributed by atoms with Gasteiger partial charge in [0.15, 0.2) is 0 Å². The largest absolute Gasteiger partial charge is 0.383 e. The lowest BCUT2D eigenvalue weighted by atomic mass is 9.89. The molecule has 2 saturated heterocycles. The van der Waals surface area contributed by atoms with E-state index >= 15 is 0 Å². The van der Waals surface area contributed by atoms with Crippen molar-refractivity contribution in [1.82, 2.24) is 30.2 Å². The number of hydrogen-bond acceptors (Lipinski definition) is 7. The maximum atomic E-state index is 6.47. The minimum atomic E-state index is -0.0401. The van der Waals surface area contributed by atoms with Gasteiger partial charge in [0.1, 0.15) is 12.5 Å². The van der Waals surface area contributed by atoms with Crippen molar-refractivity contribution in [3.05, 3.63) is 60.0 Å². The van der Waals surface area contributed by atoms with Gasteiger partial charge in [0, 0.05) is 24.4 Å². The summed E-state index contributed by atoms with van der Waals surface area (Å²) in [6.45, 7) is 7.53. The number of hydrogen-bond donors (Lipinski definition) is 3. The Morgan fingerprint density at radius 3 is 2.86 bits per heavy atom. The number of aliphatic imine (C=N–C) groups is 1. The molecule has 0 saturated carbocycles. The van der Waals surface area contributed by atoms with Crippen LogP contribution in [-0.2, 0) is 16.0 Å². The molecule has 0 bridgehead atoms. The minimum Gasteiger partial charge on any atom is -0.383 e. The Labute approximate surface area is 211 Å². The molecule has 4 heterocycles. The second-order valence-corrected chi connectivity index (χ2v) is 9.83. The Hall–Kier alpha value is -3.21. The van der Waals surface area contributed by atoms with Gasteiger partial charge in [0.2, 0.25) is 5.96 Å². The molecule has 1 aromatic carbocycles. The summed E-state index contributed by atoms with van der Waals surface area (Å²) in [6.07, 6.45) is 8.54. The fourth-order valence-electron chi connectivity index (χ4n) is 4.99. The van der Waals surface area contributed by atoms with Crippen LogP contribution in [-0.4, -0.2) is 63.7 Å². The number of nitrogens with zero attached hydrogens (tertiary/aromatic N) is 5. The molecule has 2 fully saturated rings. The lowest BCUT2D eigenvalue weighted by Gasteiger charge is -2.32. The van der Waals surface area contributed by atoms with Crippen molar-refractivity contribution in [3.8, 4) is 5.69 Å². The first-order valence-electron chi connectivity index (χ1n) is 12.7. The van der Waals surface area contributed by atoms with E-state index in [1.54, 1.807) is 17.1 Å². The van der Waals surface area contributed by atoms with Gasteiger partial charge in [-0.25, -0.2) is 9.67 Å². The third-order valence-electron chi connectivity index (χ3n) is 7.04. The maximum absolute atomic E-state index is 6.47. The van der Waals surface area contributed by atoms with Crippen LogP contribution in [0.15, 0.2) is 53.9 Å². The molecule has 10 heteroatoms. The number of benzene rings is 1. The maximum Gasteiger partial charge on any atom is 0.223 e. The zero-order chi connectivity index (χ0) is 25.0. The number of anilines is 1. The Kier molecular flexibility index (Phi) is 7.35. The summed E-state index contributed by atoms with van der Waals surface area (Å²) < 4.78 is 15.9. The standard InChI is InChI=1S/C26H36N8O2/c1-19(2)22-16-32-34(24(22)27)25(29-15-20-6-3-4-7-23(20)33-13-5-10-31-33)30-18-35-21-14-26(36-17-21)8-11-28-12-9-26/h3-7,10,13,16,19,21,28H,8-9,11-12,14-15,17-18,27H2,1-2H3,(H,29,30). The molecule has 2 aliphatic rings. The van der Waals surface area contributed by atoms with Crippen molar-refractivity contribution >= 4 is 11.8 Å². The number of ether oxygens (including phenoxy) is 2. The zero-order valence-corrected chi connectivity index (χ0v) is 21.1. The minimum absolute atomic E-state index is 0.0401. The molecule has 4 N–H and O–H groups in total. The highest BCUT2D eigenvalue weighted by Gasteiger charge is 2.41. The quantitative estimate of drug-likeness (QED) is 0.264. The normalized spacial score (nSPS) is 19.9. The van der Waals surface area contributed by atoms with E-state index < -0.39 is 0 Å². The van der Waals surface area contributed by atoms with Crippen LogP contribution in [0.25, 0.3) is 5.69 Å². The molecule has 5 rings (SSSR count). The van der Waals surface area contributed by atoms with Crippen LogP contribution in [0, 0.1) is 0 Å². The first kappa shape index (κ1) is 24.5. The number of nitrogen functional groups attached to an aromatic ring is 1. The van der Waals surface area contributed by atoms with Gasteiger partial charge in [0.25, 0.3) is 0 Å². The second kappa shape index (κ2) is 10.8. The molecule has 0 amide bonds. The fraction of sp³-hybridized carbons (Fsp3) is 0.500. The molecule has 1 spiro atoms. The molecule has 1 atom stereocenters. The van der Waals surface area contributed by atoms with Gasteiger partial charge >= 0.3 is 0 Å². The zero-order valence-electron chi connectivity index (χ0n) is 21.1. The van der Waals surface area contributed by atoms with Crippen LogP contribution in [0.4, 0.5) is 5.82 Å². The fourth-order valence-corrected chi connectivity index (χ4v) is 4.99. The molecule has 0 radical (unpaired) electrons. The Balaban J connectivity index is 1.31. The van der Waals surface area contributed by atoms with Crippen LogP contribution < -0.4 is 16.4 Å². The first-order valence-corrected chi connectivity index (χ1v) is 12.7. The summed E-state index contributed by atoms with van der Waals surface area (Å²) in [5.74, 6) is 1.38. The van der Waals surface area contributed by atoms with Gasteiger partial charge in [-0.15, -0.1) is 0 Å². The summed E-state index contributed by atoms with van der Waals surface area (Å²) in [7, 11) is 0. The lowest BCUT2D eigenvalue weighted by molar-refractivity contribution is -0.0235. The predicted octanol–water partition coefficient (Wildman–Crippen LogP) is 2.65. The number of nitrogens with one attached hydrogen (secondary N) is 2. The van der Waals surface area contributed by atoms with Crippen molar-refractivity contribution in [1.29, 1.82) is 0 Å². The van der Waals surface area contributed by atoms with Crippen LogP contribution in [0.3, 0.4) is 0 Å². The van der Waals surface area contributed by atoms with E-state index in [2.05, 4.69) is 40.7 Å². The average Bonchev–Trinajstić information content (AvgIpc) is 3.63. The number of rotatable bonds is 7. The number of para-hydroxylation sites is 1. The van der Waals surface area contributed by atoms with Crippen LogP contribution >= 0.6 is 0 Å². The summed E-state index contributed by atoms with van der Waals surface area (Å²) in [6, 6.07) is 9.99. The molecule has 3 aromatic rings. The molecule has 10 nitrogen and oxygen atoms in total. The van der Waals surface area contributed by atoms with Gasteiger partial charge < -0.3 is 25.8 Å².